The van der Waals surface area contributed by atoms with Crippen LogP contribution in [0.4, 0.5) is 5.69 Å². The van der Waals surface area contributed by atoms with Crippen LogP contribution in [0.25, 0.3) is 0 Å². The second kappa shape index (κ2) is 11.2. The SMILES string of the molecule is CCCCCCC1CCC(CC(C)C)C(=O)N1c1cc(C#CC(C)(C)C)sc1C(=O)O. The fraction of sp³-hybridized carbons (Fsp3) is 0.692. The van der Waals surface area contributed by atoms with Crippen LogP contribution in [-0.4, -0.2) is 23.0 Å². The first kappa shape index (κ1) is 25.5. The van der Waals surface area contributed by atoms with Crippen molar-refractivity contribution >= 4 is 28.9 Å². The number of amides is 1. The van der Waals surface area contributed by atoms with Crippen molar-refractivity contribution in [2.24, 2.45) is 17.3 Å². The topological polar surface area (TPSA) is 57.6 Å². The highest BCUT2D eigenvalue weighted by Gasteiger charge is 2.38. The van der Waals surface area contributed by atoms with E-state index in [0.29, 0.717) is 16.5 Å². The van der Waals surface area contributed by atoms with Gasteiger partial charge in [0, 0.05) is 17.4 Å². The minimum Gasteiger partial charge on any atom is -0.477 e. The third kappa shape index (κ3) is 7.38. The van der Waals surface area contributed by atoms with Crippen LogP contribution >= 0.6 is 11.3 Å². The van der Waals surface area contributed by atoms with Crippen molar-refractivity contribution in [2.45, 2.75) is 99.0 Å². The van der Waals surface area contributed by atoms with Crippen molar-refractivity contribution in [3.63, 3.8) is 0 Å². The quantitative estimate of drug-likeness (QED) is 0.330. The minimum absolute atomic E-state index is 0.0300. The van der Waals surface area contributed by atoms with Gasteiger partial charge in [-0.05, 0) is 58.4 Å². The number of piperidine rings is 1. The number of unbranched alkanes of at least 4 members (excludes halogenated alkanes) is 3. The lowest BCUT2D eigenvalue weighted by atomic mass is 9.84. The molecule has 0 saturated carbocycles. The third-order valence-corrected chi connectivity index (χ3v) is 6.70. The van der Waals surface area contributed by atoms with Gasteiger partial charge in [-0.25, -0.2) is 4.79 Å². The maximum Gasteiger partial charge on any atom is 0.348 e. The Morgan fingerprint density at radius 3 is 2.55 bits per heavy atom. The largest absolute Gasteiger partial charge is 0.477 e. The molecule has 1 aliphatic rings. The fourth-order valence-electron chi connectivity index (χ4n) is 4.23. The van der Waals surface area contributed by atoms with E-state index in [-0.39, 0.29) is 28.2 Å². The van der Waals surface area contributed by atoms with Gasteiger partial charge < -0.3 is 10.0 Å². The monoisotopic (exact) mass is 445 g/mol. The molecule has 172 valence electrons. The lowest BCUT2D eigenvalue weighted by molar-refractivity contribution is -0.125. The predicted molar refractivity (Wildman–Crippen MR) is 130 cm³/mol. The summed E-state index contributed by atoms with van der Waals surface area (Å²) in [4.78, 5) is 28.4. The van der Waals surface area contributed by atoms with E-state index in [1.807, 2.05) is 31.7 Å². The van der Waals surface area contributed by atoms with Crippen molar-refractivity contribution < 1.29 is 14.7 Å². The zero-order chi connectivity index (χ0) is 23.2. The van der Waals surface area contributed by atoms with Gasteiger partial charge in [0.15, 0.2) is 0 Å². The Balaban J connectivity index is 2.42. The Hall–Kier alpha value is -1.80. The lowest BCUT2D eigenvalue weighted by Gasteiger charge is -2.40. The molecule has 0 radical (unpaired) electrons. The van der Waals surface area contributed by atoms with Gasteiger partial charge in [0.05, 0.1) is 10.6 Å². The smallest absolute Gasteiger partial charge is 0.348 e. The molecule has 1 aliphatic heterocycles. The molecule has 2 heterocycles. The first-order valence-corrected chi connectivity index (χ1v) is 12.6. The van der Waals surface area contributed by atoms with Gasteiger partial charge in [-0.3, -0.25) is 4.79 Å². The summed E-state index contributed by atoms with van der Waals surface area (Å²) in [5, 5.41) is 9.89. The first-order chi connectivity index (χ1) is 14.5. The Morgan fingerprint density at radius 2 is 1.97 bits per heavy atom. The van der Waals surface area contributed by atoms with E-state index in [4.69, 9.17) is 0 Å². The molecule has 2 rings (SSSR count). The number of aromatic carboxylic acids is 1. The fourth-order valence-corrected chi connectivity index (χ4v) is 5.07. The van der Waals surface area contributed by atoms with E-state index in [0.717, 1.165) is 38.5 Å². The Bertz CT molecular complexity index is 822. The van der Waals surface area contributed by atoms with Crippen LogP contribution in [0.15, 0.2) is 6.07 Å². The molecular formula is C26H39NO3S. The molecule has 0 spiro atoms. The molecule has 1 amide bonds. The molecule has 1 aromatic heterocycles. The molecule has 0 bridgehead atoms. The summed E-state index contributed by atoms with van der Waals surface area (Å²) in [6.45, 7) is 12.6. The van der Waals surface area contributed by atoms with Crippen LogP contribution in [0.3, 0.4) is 0 Å². The zero-order valence-corrected chi connectivity index (χ0v) is 20.9. The molecule has 2 unspecified atom stereocenters. The average Bonchev–Trinajstić information content (AvgIpc) is 3.09. The maximum absolute atomic E-state index is 13.6. The third-order valence-electron chi connectivity index (χ3n) is 5.67. The van der Waals surface area contributed by atoms with Crippen molar-refractivity contribution in [2.75, 3.05) is 4.90 Å². The summed E-state index contributed by atoms with van der Waals surface area (Å²) < 4.78 is 0. The Labute approximate surface area is 192 Å². The summed E-state index contributed by atoms with van der Waals surface area (Å²) in [7, 11) is 0. The van der Waals surface area contributed by atoms with E-state index < -0.39 is 5.97 Å². The molecule has 31 heavy (non-hydrogen) atoms. The summed E-state index contributed by atoms with van der Waals surface area (Å²) in [6.07, 6.45) is 8.21. The molecule has 0 aromatic carbocycles. The molecule has 0 aliphatic carbocycles. The van der Waals surface area contributed by atoms with Crippen molar-refractivity contribution in [1.29, 1.82) is 0 Å². The Morgan fingerprint density at radius 1 is 1.26 bits per heavy atom. The van der Waals surface area contributed by atoms with Crippen molar-refractivity contribution in [3.8, 4) is 11.8 Å². The molecule has 1 fully saturated rings. The van der Waals surface area contributed by atoms with Gasteiger partial charge >= 0.3 is 5.97 Å². The lowest BCUT2D eigenvalue weighted by Crippen LogP contribution is -2.48. The molecule has 4 nitrogen and oxygen atoms in total. The highest BCUT2D eigenvalue weighted by Crippen LogP contribution is 2.39. The number of carbonyl (C=O) groups is 2. The summed E-state index contributed by atoms with van der Waals surface area (Å²) in [5.41, 5.74) is 0.383. The molecule has 2 atom stereocenters. The van der Waals surface area contributed by atoms with Gasteiger partial charge in [-0.15, -0.1) is 11.3 Å². The zero-order valence-electron chi connectivity index (χ0n) is 20.1. The second-order valence-corrected chi connectivity index (χ2v) is 11.3. The van der Waals surface area contributed by atoms with Crippen LogP contribution in [0, 0.1) is 29.1 Å². The second-order valence-electron chi connectivity index (χ2n) is 10.2. The van der Waals surface area contributed by atoms with Gasteiger partial charge in [0.1, 0.15) is 4.88 Å². The number of anilines is 1. The number of hydrogen-bond acceptors (Lipinski definition) is 3. The number of carbonyl (C=O) groups excluding carboxylic acids is 1. The van der Waals surface area contributed by atoms with Crippen LogP contribution in [0.5, 0.6) is 0 Å². The van der Waals surface area contributed by atoms with Crippen molar-refractivity contribution in [1.82, 2.24) is 0 Å². The number of hydrogen-bond donors (Lipinski definition) is 1. The standard InChI is InChI=1S/C26H39NO3S/c1-7-8-9-10-11-20-13-12-19(16-18(2)3)24(28)27(20)22-17-21(14-15-26(4,5)6)31-23(22)25(29)30/h17-20H,7-13,16H2,1-6H3,(H,29,30). The highest BCUT2D eigenvalue weighted by molar-refractivity contribution is 7.15. The molecule has 1 saturated heterocycles. The van der Waals surface area contributed by atoms with E-state index in [1.165, 1.54) is 24.2 Å². The van der Waals surface area contributed by atoms with E-state index >= 15 is 0 Å². The predicted octanol–water partition coefficient (Wildman–Crippen LogP) is 6.97. The molecule has 5 heteroatoms. The number of nitrogens with zero attached hydrogens (tertiary/aromatic N) is 1. The highest BCUT2D eigenvalue weighted by atomic mass is 32.1. The van der Waals surface area contributed by atoms with Crippen LogP contribution in [0.1, 0.15) is 107 Å². The van der Waals surface area contributed by atoms with E-state index in [9.17, 15) is 14.7 Å². The van der Waals surface area contributed by atoms with E-state index in [2.05, 4.69) is 32.6 Å². The van der Waals surface area contributed by atoms with Crippen LogP contribution < -0.4 is 4.90 Å². The minimum atomic E-state index is -0.979. The van der Waals surface area contributed by atoms with Gasteiger partial charge in [0.25, 0.3) is 0 Å². The van der Waals surface area contributed by atoms with Crippen LogP contribution in [0.2, 0.25) is 0 Å². The maximum atomic E-state index is 13.6. The first-order valence-electron chi connectivity index (χ1n) is 11.8. The summed E-state index contributed by atoms with van der Waals surface area (Å²) in [5.74, 6) is 5.85. The van der Waals surface area contributed by atoms with Crippen molar-refractivity contribution in [3.05, 3.63) is 15.8 Å². The number of carboxylic acids is 1. The van der Waals surface area contributed by atoms with Gasteiger partial charge in [0.2, 0.25) is 5.91 Å². The van der Waals surface area contributed by atoms with Gasteiger partial charge in [-0.1, -0.05) is 58.3 Å². The van der Waals surface area contributed by atoms with Crippen LogP contribution in [-0.2, 0) is 4.79 Å². The normalized spacial score (nSPS) is 19.5. The average molecular weight is 446 g/mol. The Kier molecular flexibility index (Phi) is 9.18. The van der Waals surface area contributed by atoms with E-state index in [1.54, 1.807) is 0 Å². The summed E-state index contributed by atoms with van der Waals surface area (Å²) in [6, 6.07) is 1.91. The molecular weight excluding hydrogens is 406 g/mol. The number of thiophene rings is 1. The number of carboxylic acid groups (broad SMARTS) is 1. The molecule has 1 N–H and O–H groups in total. The molecule has 1 aromatic rings. The number of rotatable bonds is 9. The van der Waals surface area contributed by atoms with Gasteiger partial charge in [-0.2, -0.15) is 0 Å². The summed E-state index contributed by atoms with van der Waals surface area (Å²) >= 11 is 1.19.